The summed E-state index contributed by atoms with van der Waals surface area (Å²) in [6.07, 6.45) is 2.63. The normalized spacial score (nSPS) is 18.6. The van der Waals surface area contributed by atoms with E-state index in [1.54, 1.807) is 0 Å². The Bertz CT molecular complexity index is 377. The molecule has 0 bridgehead atoms. The van der Waals surface area contributed by atoms with Crippen molar-refractivity contribution < 1.29 is 9.47 Å². The number of hydrogen-bond donors (Lipinski definition) is 1. The van der Waals surface area contributed by atoms with Gasteiger partial charge >= 0.3 is 0 Å². The molecule has 1 aromatic carbocycles. The number of nitriles is 1. The van der Waals surface area contributed by atoms with Crippen molar-refractivity contribution in [3.63, 3.8) is 0 Å². The van der Waals surface area contributed by atoms with Crippen LogP contribution in [0.4, 0.5) is 5.69 Å². The topological polar surface area (TPSA) is 54.3 Å². The second-order valence-electron chi connectivity index (χ2n) is 3.99. The van der Waals surface area contributed by atoms with Gasteiger partial charge in [0.25, 0.3) is 0 Å². The molecule has 0 spiro atoms. The zero-order valence-corrected chi connectivity index (χ0v) is 9.69. The highest BCUT2D eigenvalue weighted by molar-refractivity contribution is 5.46. The minimum absolute atomic E-state index is 0.0860. The molecule has 4 heteroatoms. The average Bonchev–Trinajstić information content (AvgIpc) is 2.88. The van der Waals surface area contributed by atoms with E-state index >= 15 is 0 Å². The average molecular weight is 232 g/mol. The van der Waals surface area contributed by atoms with Gasteiger partial charge in [0.2, 0.25) is 0 Å². The third-order valence-corrected chi connectivity index (χ3v) is 2.72. The molecule has 1 N–H and O–H groups in total. The summed E-state index contributed by atoms with van der Waals surface area (Å²) in [5, 5.41) is 11.7. The van der Waals surface area contributed by atoms with Gasteiger partial charge in [-0.05, 0) is 37.1 Å². The fraction of sp³-hybridized carbons (Fsp3) is 0.462. The maximum Gasteiger partial charge on any atom is 0.174 e. The van der Waals surface area contributed by atoms with Crippen molar-refractivity contribution in [3.05, 3.63) is 24.3 Å². The molecule has 1 atom stereocenters. The fourth-order valence-electron chi connectivity index (χ4n) is 1.82. The second kappa shape index (κ2) is 6.12. The molecule has 1 aliphatic heterocycles. The molecule has 0 aliphatic carbocycles. The molecule has 90 valence electrons. The molecule has 1 heterocycles. The van der Waals surface area contributed by atoms with Gasteiger partial charge < -0.3 is 14.8 Å². The van der Waals surface area contributed by atoms with E-state index in [2.05, 4.69) is 5.32 Å². The molecule has 0 aromatic heterocycles. The number of rotatable bonds is 5. The van der Waals surface area contributed by atoms with Gasteiger partial charge in [0, 0.05) is 18.8 Å². The van der Waals surface area contributed by atoms with Gasteiger partial charge in [-0.3, -0.25) is 0 Å². The lowest BCUT2D eigenvalue weighted by atomic mass is 10.2. The first-order valence-corrected chi connectivity index (χ1v) is 5.84. The maximum absolute atomic E-state index is 8.39. The van der Waals surface area contributed by atoms with Crippen molar-refractivity contribution in [2.75, 3.05) is 25.1 Å². The third-order valence-electron chi connectivity index (χ3n) is 2.72. The number of nitrogens with zero attached hydrogens (tertiary/aromatic N) is 1. The fourth-order valence-corrected chi connectivity index (χ4v) is 1.82. The molecule has 1 saturated heterocycles. The van der Waals surface area contributed by atoms with Gasteiger partial charge in [0.05, 0.1) is 6.10 Å². The van der Waals surface area contributed by atoms with Crippen molar-refractivity contribution >= 4 is 5.69 Å². The van der Waals surface area contributed by atoms with Crippen molar-refractivity contribution in [1.82, 2.24) is 0 Å². The van der Waals surface area contributed by atoms with Crippen LogP contribution in [0, 0.1) is 11.3 Å². The van der Waals surface area contributed by atoms with Gasteiger partial charge in [0.15, 0.2) is 6.61 Å². The second-order valence-corrected chi connectivity index (χ2v) is 3.99. The molecule has 0 saturated carbocycles. The van der Waals surface area contributed by atoms with E-state index < -0.39 is 0 Å². The van der Waals surface area contributed by atoms with Crippen molar-refractivity contribution in [3.8, 4) is 11.8 Å². The largest absolute Gasteiger partial charge is 0.479 e. The van der Waals surface area contributed by atoms with Crippen LogP contribution in [0.15, 0.2) is 24.3 Å². The van der Waals surface area contributed by atoms with Crippen molar-refractivity contribution in [2.45, 2.75) is 18.9 Å². The van der Waals surface area contributed by atoms with Crippen LogP contribution in [0.5, 0.6) is 5.75 Å². The Hall–Kier alpha value is -1.73. The minimum Gasteiger partial charge on any atom is -0.479 e. The summed E-state index contributed by atoms with van der Waals surface area (Å²) >= 11 is 0. The standard InChI is InChI=1S/C13H16N2O2/c14-7-9-17-12-5-3-11(4-6-12)15-10-13-2-1-8-16-13/h3-6,13,15H,1-2,8-10H2. The van der Waals surface area contributed by atoms with E-state index in [0.29, 0.717) is 11.9 Å². The van der Waals surface area contributed by atoms with Gasteiger partial charge in [-0.2, -0.15) is 5.26 Å². The number of ether oxygens (including phenoxy) is 2. The molecule has 1 aliphatic rings. The van der Waals surface area contributed by atoms with E-state index in [1.807, 2.05) is 30.3 Å². The molecule has 1 aromatic rings. The van der Waals surface area contributed by atoms with E-state index in [1.165, 1.54) is 0 Å². The SMILES string of the molecule is N#CCOc1ccc(NCC2CCCO2)cc1. The van der Waals surface area contributed by atoms with Crippen molar-refractivity contribution in [2.24, 2.45) is 0 Å². The highest BCUT2D eigenvalue weighted by atomic mass is 16.5. The Morgan fingerprint density at radius 2 is 2.24 bits per heavy atom. The van der Waals surface area contributed by atoms with E-state index in [0.717, 1.165) is 31.7 Å². The van der Waals surface area contributed by atoms with Crippen LogP contribution >= 0.6 is 0 Å². The zero-order valence-electron chi connectivity index (χ0n) is 9.69. The van der Waals surface area contributed by atoms with Gasteiger partial charge in [-0.1, -0.05) is 0 Å². The summed E-state index contributed by atoms with van der Waals surface area (Å²) in [6, 6.07) is 9.54. The highest BCUT2D eigenvalue weighted by Gasteiger charge is 2.14. The predicted molar refractivity (Wildman–Crippen MR) is 65.0 cm³/mol. The van der Waals surface area contributed by atoms with Crippen LogP contribution < -0.4 is 10.1 Å². The first kappa shape index (κ1) is 11.7. The Kier molecular flexibility index (Phi) is 4.23. The summed E-state index contributed by atoms with van der Waals surface area (Å²) in [5.74, 6) is 0.717. The summed E-state index contributed by atoms with van der Waals surface area (Å²) in [7, 11) is 0. The highest BCUT2D eigenvalue weighted by Crippen LogP contribution is 2.17. The predicted octanol–water partition coefficient (Wildman–Crippen LogP) is 2.18. The first-order valence-electron chi connectivity index (χ1n) is 5.84. The minimum atomic E-state index is 0.0860. The maximum atomic E-state index is 8.39. The third kappa shape index (κ3) is 3.65. The number of anilines is 1. The molecule has 2 rings (SSSR count). The molecule has 1 fully saturated rings. The molecule has 0 radical (unpaired) electrons. The summed E-state index contributed by atoms with van der Waals surface area (Å²) in [4.78, 5) is 0. The summed E-state index contributed by atoms with van der Waals surface area (Å²) < 4.78 is 10.7. The van der Waals surface area contributed by atoms with Crippen LogP contribution in [-0.4, -0.2) is 25.9 Å². The molecular weight excluding hydrogens is 216 g/mol. The van der Waals surface area contributed by atoms with E-state index in [4.69, 9.17) is 14.7 Å². The van der Waals surface area contributed by atoms with Gasteiger partial charge in [-0.15, -0.1) is 0 Å². The van der Waals surface area contributed by atoms with Crippen LogP contribution in [0.25, 0.3) is 0 Å². The number of hydrogen-bond acceptors (Lipinski definition) is 4. The monoisotopic (exact) mass is 232 g/mol. The molecular formula is C13H16N2O2. The van der Waals surface area contributed by atoms with Crippen LogP contribution in [0.2, 0.25) is 0 Å². The molecule has 4 nitrogen and oxygen atoms in total. The smallest absolute Gasteiger partial charge is 0.174 e. The summed E-state index contributed by atoms with van der Waals surface area (Å²) in [5.41, 5.74) is 1.05. The van der Waals surface area contributed by atoms with Crippen molar-refractivity contribution in [1.29, 1.82) is 5.26 Å². The Morgan fingerprint density at radius 1 is 1.41 bits per heavy atom. The first-order chi connectivity index (χ1) is 8.38. The lowest BCUT2D eigenvalue weighted by Gasteiger charge is -2.12. The van der Waals surface area contributed by atoms with Crippen LogP contribution in [0.3, 0.4) is 0 Å². The molecule has 0 amide bonds. The number of benzene rings is 1. The van der Waals surface area contributed by atoms with Gasteiger partial charge in [-0.25, -0.2) is 0 Å². The Labute approximate surface area is 101 Å². The van der Waals surface area contributed by atoms with Crippen LogP contribution in [-0.2, 0) is 4.74 Å². The Balaban J connectivity index is 1.79. The number of nitrogens with one attached hydrogen (secondary N) is 1. The zero-order chi connectivity index (χ0) is 11.9. The molecule has 1 unspecified atom stereocenters. The van der Waals surface area contributed by atoms with Gasteiger partial charge in [0.1, 0.15) is 11.8 Å². The Morgan fingerprint density at radius 3 is 2.88 bits per heavy atom. The van der Waals surface area contributed by atoms with E-state index in [-0.39, 0.29) is 6.61 Å². The van der Waals surface area contributed by atoms with Crippen LogP contribution in [0.1, 0.15) is 12.8 Å². The molecule has 17 heavy (non-hydrogen) atoms. The van der Waals surface area contributed by atoms with E-state index in [9.17, 15) is 0 Å². The quantitative estimate of drug-likeness (QED) is 0.845. The lowest BCUT2D eigenvalue weighted by molar-refractivity contribution is 0.120. The lowest BCUT2D eigenvalue weighted by Crippen LogP contribution is -2.18. The summed E-state index contributed by atoms with van der Waals surface area (Å²) in [6.45, 7) is 1.81.